The summed E-state index contributed by atoms with van der Waals surface area (Å²) in [6.45, 7) is 1.88. The van der Waals surface area contributed by atoms with Gasteiger partial charge < -0.3 is 19.5 Å². The van der Waals surface area contributed by atoms with Crippen LogP contribution in [0.15, 0.2) is 65.5 Å². The largest absolute Gasteiger partial charge is 0.493 e. The van der Waals surface area contributed by atoms with Crippen LogP contribution < -0.4 is 14.8 Å². The van der Waals surface area contributed by atoms with Crippen molar-refractivity contribution in [2.24, 2.45) is 5.92 Å². The summed E-state index contributed by atoms with van der Waals surface area (Å²) in [5.74, 6) is -0.0888. The smallest absolute Gasteiger partial charge is 0.336 e. The summed E-state index contributed by atoms with van der Waals surface area (Å²) in [6, 6.07) is 13.1. The van der Waals surface area contributed by atoms with Crippen LogP contribution in [0.25, 0.3) is 0 Å². The molecule has 1 saturated carbocycles. The van der Waals surface area contributed by atoms with E-state index in [4.69, 9.17) is 25.8 Å². The molecule has 3 aliphatic rings. The third-order valence-corrected chi connectivity index (χ3v) is 7.98. The van der Waals surface area contributed by atoms with Crippen LogP contribution >= 0.6 is 11.6 Å². The number of rotatable bonds is 6. The van der Waals surface area contributed by atoms with Crippen molar-refractivity contribution in [3.05, 3.63) is 81.7 Å². The number of hydrogen-bond acceptors (Lipinski definition) is 6. The zero-order valence-corrected chi connectivity index (χ0v) is 22.1. The third-order valence-electron chi connectivity index (χ3n) is 7.72. The summed E-state index contributed by atoms with van der Waals surface area (Å²) in [7, 11) is 3.20. The second-order valence-corrected chi connectivity index (χ2v) is 10.4. The number of ketones is 1. The lowest BCUT2D eigenvalue weighted by Gasteiger charge is -2.39. The molecule has 1 fully saturated rings. The van der Waals surface area contributed by atoms with Gasteiger partial charge in [0.15, 0.2) is 11.5 Å². The van der Waals surface area contributed by atoms with Gasteiger partial charge >= 0.3 is 5.97 Å². The Balaban J connectivity index is 1.55. The Labute approximate surface area is 222 Å². The summed E-state index contributed by atoms with van der Waals surface area (Å²) < 4.78 is 16.8. The minimum atomic E-state index is -0.507. The van der Waals surface area contributed by atoms with Gasteiger partial charge in [-0.25, -0.2) is 4.79 Å². The highest BCUT2D eigenvalue weighted by molar-refractivity contribution is 6.30. The first kappa shape index (κ1) is 25.4. The topological polar surface area (TPSA) is 73.9 Å². The molecule has 3 unspecified atom stereocenters. The van der Waals surface area contributed by atoms with Crippen LogP contribution in [0.4, 0.5) is 0 Å². The van der Waals surface area contributed by atoms with Gasteiger partial charge in [-0.1, -0.05) is 35.9 Å². The van der Waals surface area contributed by atoms with Crippen molar-refractivity contribution in [3.63, 3.8) is 0 Å². The highest BCUT2D eigenvalue weighted by Gasteiger charge is 2.45. The van der Waals surface area contributed by atoms with E-state index < -0.39 is 11.8 Å². The van der Waals surface area contributed by atoms with Crippen molar-refractivity contribution < 1.29 is 23.8 Å². The van der Waals surface area contributed by atoms with Crippen LogP contribution in [0.2, 0.25) is 5.02 Å². The Morgan fingerprint density at radius 3 is 2.30 bits per heavy atom. The van der Waals surface area contributed by atoms with E-state index in [9.17, 15) is 9.59 Å². The number of Topliss-reactive ketones (excluding diaryl/α,β-unsaturated/α-hetero) is 1. The lowest BCUT2D eigenvalue weighted by molar-refractivity contribution is -0.144. The van der Waals surface area contributed by atoms with E-state index in [1.807, 2.05) is 37.3 Å². The molecule has 37 heavy (non-hydrogen) atoms. The fourth-order valence-corrected chi connectivity index (χ4v) is 6.02. The summed E-state index contributed by atoms with van der Waals surface area (Å²) in [5.41, 5.74) is 3.89. The van der Waals surface area contributed by atoms with E-state index in [0.29, 0.717) is 34.2 Å². The number of ether oxygens (including phenoxy) is 3. The fourth-order valence-electron chi connectivity index (χ4n) is 5.89. The number of nitrogens with one attached hydrogen (secondary N) is 1. The normalized spacial score (nSPS) is 23.7. The number of carbonyl (C=O) groups excluding carboxylic acids is 2. The molecule has 2 aromatic rings. The highest BCUT2D eigenvalue weighted by atomic mass is 35.5. The van der Waals surface area contributed by atoms with E-state index in [0.717, 1.165) is 42.5 Å². The molecule has 3 atom stereocenters. The molecule has 0 amide bonds. The van der Waals surface area contributed by atoms with Crippen molar-refractivity contribution in [1.29, 1.82) is 0 Å². The number of methoxy groups -OCH3 is 2. The predicted molar refractivity (Wildman–Crippen MR) is 142 cm³/mol. The first-order valence-corrected chi connectivity index (χ1v) is 13.2. The van der Waals surface area contributed by atoms with Crippen molar-refractivity contribution in [1.82, 2.24) is 5.32 Å². The van der Waals surface area contributed by atoms with Crippen LogP contribution in [0.1, 0.15) is 62.0 Å². The minimum Gasteiger partial charge on any atom is -0.493 e. The summed E-state index contributed by atoms with van der Waals surface area (Å²) in [4.78, 5) is 27.3. The van der Waals surface area contributed by atoms with Crippen molar-refractivity contribution in [3.8, 4) is 11.5 Å². The Bertz CT molecular complexity index is 1260. The SMILES string of the molecule is COc1ccc(C2C=C3NC(C)=C(C(=O)OC4CCCC4)C(c4ccc(Cl)cc4)C3C(=O)C2)cc1OC. The second kappa shape index (κ2) is 10.6. The highest BCUT2D eigenvalue weighted by Crippen LogP contribution is 2.47. The molecule has 0 bridgehead atoms. The monoisotopic (exact) mass is 521 g/mol. The lowest BCUT2D eigenvalue weighted by Crippen LogP contribution is -2.42. The van der Waals surface area contributed by atoms with E-state index in [-0.39, 0.29) is 23.8 Å². The molecule has 1 aliphatic heterocycles. The van der Waals surface area contributed by atoms with E-state index in [2.05, 4.69) is 11.4 Å². The number of benzene rings is 2. The molecule has 2 aromatic carbocycles. The maximum absolute atomic E-state index is 13.8. The third kappa shape index (κ3) is 4.99. The van der Waals surface area contributed by atoms with Gasteiger partial charge in [0.2, 0.25) is 0 Å². The zero-order chi connectivity index (χ0) is 26.1. The fraction of sp³-hybridized carbons (Fsp3) is 0.400. The molecule has 0 saturated heterocycles. The molecular weight excluding hydrogens is 490 g/mol. The van der Waals surface area contributed by atoms with Crippen LogP contribution in [0.3, 0.4) is 0 Å². The molecule has 7 heteroatoms. The summed E-state index contributed by atoms with van der Waals surface area (Å²) in [5, 5.41) is 4.01. The summed E-state index contributed by atoms with van der Waals surface area (Å²) >= 11 is 6.18. The van der Waals surface area contributed by atoms with Crippen LogP contribution in [-0.4, -0.2) is 32.1 Å². The van der Waals surface area contributed by atoms with Crippen molar-refractivity contribution in [2.75, 3.05) is 14.2 Å². The van der Waals surface area contributed by atoms with Gasteiger partial charge in [-0.2, -0.15) is 0 Å². The maximum Gasteiger partial charge on any atom is 0.336 e. The standard InChI is InChI=1S/C30H32ClNO5/c1-17-27(30(34)37-22-6-4-5-7-22)28(18-8-11-21(31)12-9-18)29-23(32-17)14-20(15-24(29)33)19-10-13-25(35-2)26(16-19)36-3/h8-14,16,20,22,28-29,32H,4-7,15H2,1-3H3. The molecule has 5 rings (SSSR count). The molecule has 1 heterocycles. The van der Waals surface area contributed by atoms with Gasteiger partial charge in [-0.3, -0.25) is 4.79 Å². The molecule has 194 valence electrons. The molecular formula is C30H32ClNO5. The number of halogens is 1. The first-order chi connectivity index (χ1) is 17.9. The van der Waals surface area contributed by atoms with Gasteiger partial charge in [0.1, 0.15) is 11.9 Å². The van der Waals surface area contributed by atoms with Gasteiger partial charge in [-0.15, -0.1) is 0 Å². The van der Waals surface area contributed by atoms with Crippen LogP contribution in [-0.2, 0) is 14.3 Å². The molecule has 1 N–H and O–H groups in total. The van der Waals surface area contributed by atoms with Crippen molar-refractivity contribution in [2.45, 2.75) is 57.0 Å². The van der Waals surface area contributed by atoms with E-state index in [1.54, 1.807) is 26.4 Å². The summed E-state index contributed by atoms with van der Waals surface area (Å²) in [6.07, 6.45) is 6.28. The molecule has 6 nitrogen and oxygen atoms in total. The average Bonchev–Trinajstić information content (AvgIpc) is 3.40. The molecule has 0 spiro atoms. The lowest BCUT2D eigenvalue weighted by atomic mass is 9.68. The number of hydrogen-bond donors (Lipinski definition) is 1. The number of esters is 1. The van der Waals surface area contributed by atoms with E-state index >= 15 is 0 Å². The average molecular weight is 522 g/mol. The number of carbonyl (C=O) groups is 2. The molecule has 0 aromatic heterocycles. The quantitative estimate of drug-likeness (QED) is 0.466. The maximum atomic E-state index is 13.8. The van der Waals surface area contributed by atoms with Crippen molar-refractivity contribution >= 4 is 23.4 Å². The molecule has 0 radical (unpaired) electrons. The number of allylic oxidation sites excluding steroid dienone is 3. The minimum absolute atomic E-state index is 0.0629. The predicted octanol–water partition coefficient (Wildman–Crippen LogP) is 6.06. The van der Waals surface area contributed by atoms with Gasteiger partial charge in [0.05, 0.1) is 25.7 Å². The van der Waals surface area contributed by atoms with Gasteiger partial charge in [0, 0.05) is 34.7 Å². The first-order valence-electron chi connectivity index (χ1n) is 12.8. The van der Waals surface area contributed by atoms with Gasteiger partial charge in [-0.05, 0) is 68.0 Å². The van der Waals surface area contributed by atoms with Crippen LogP contribution in [0, 0.1) is 5.92 Å². The Hall–Kier alpha value is -3.25. The zero-order valence-electron chi connectivity index (χ0n) is 21.4. The number of fused-ring (bicyclic) bond motifs is 1. The second-order valence-electron chi connectivity index (χ2n) is 10.00. The Kier molecular flexibility index (Phi) is 7.29. The van der Waals surface area contributed by atoms with Gasteiger partial charge in [0.25, 0.3) is 0 Å². The molecule has 2 aliphatic carbocycles. The van der Waals surface area contributed by atoms with E-state index in [1.165, 1.54) is 0 Å². The Morgan fingerprint density at radius 2 is 1.62 bits per heavy atom. The Morgan fingerprint density at radius 1 is 0.946 bits per heavy atom. The van der Waals surface area contributed by atoms with Crippen LogP contribution in [0.5, 0.6) is 11.5 Å².